The van der Waals surface area contributed by atoms with Crippen LogP contribution in [-0.4, -0.2) is 4.92 Å². The van der Waals surface area contributed by atoms with E-state index in [1.54, 1.807) is 24.3 Å². The third kappa shape index (κ3) is 1.65. The number of benzene rings is 2. The third-order valence-corrected chi connectivity index (χ3v) is 4.13. The maximum atomic E-state index is 12.4. The zero-order chi connectivity index (χ0) is 13.6. The second-order valence-corrected chi connectivity index (χ2v) is 5.11. The minimum absolute atomic E-state index is 0.0861. The van der Waals surface area contributed by atoms with E-state index in [1.165, 1.54) is 23.5 Å². The molecule has 0 amide bonds. The van der Waals surface area contributed by atoms with Gasteiger partial charge in [-0.1, -0.05) is 12.1 Å². The predicted octanol–water partition coefficient (Wildman–Crippen LogP) is 2.91. The smallest absolute Gasteiger partial charge is 0.287 e. The summed E-state index contributed by atoms with van der Waals surface area (Å²) in [5.41, 5.74) is 5.73. The quantitative estimate of drug-likeness (QED) is 0.319. The molecule has 0 spiro atoms. The van der Waals surface area contributed by atoms with Gasteiger partial charge in [-0.15, -0.1) is 11.3 Å². The lowest BCUT2D eigenvalue weighted by Crippen LogP contribution is -2.05. The Bertz CT molecular complexity index is 886. The van der Waals surface area contributed by atoms with Crippen molar-refractivity contribution in [2.75, 3.05) is 5.73 Å². The van der Waals surface area contributed by atoms with E-state index < -0.39 is 4.92 Å². The van der Waals surface area contributed by atoms with E-state index in [4.69, 9.17) is 5.73 Å². The number of nitrogens with zero attached hydrogens (tertiary/aromatic N) is 1. The lowest BCUT2D eigenvalue weighted by atomic mass is 10.1. The average molecular weight is 272 g/mol. The van der Waals surface area contributed by atoms with Crippen molar-refractivity contribution in [1.82, 2.24) is 0 Å². The fourth-order valence-electron chi connectivity index (χ4n) is 2.06. The molecule has 5 nitrogen and oxygen atoms in total. The van der Waals surface area contributed by atoms with Gasteiger partial charge in [-0.2, -0.15) is 0 Å². The second-order valence-electron chi connectivity index (χ2n) is 4.06. The molecule has 0 saturated carbocycles. The van der Waals surface area contributed by atoms with E-state index in [-0.39, 0.29) is 22.2 Å². The van der Waals surface area contributed by atoms with Crippen molar-refractivity contribution in [2.24, 2.45) is 0 Å². The lowest BCUT2D eigenvalue weighted by molar-refractivity contribution is -0.382. The molecular formula is C13H8N2O3S. The Labute approximate surface area is 111 Å². The van der Waals surface area contributed by atoms with Crippen LogP contribution in [-0.2, 0) is 0 Å². The minimum atomic E-state index is -0.494. The number of nitro benzene ring substituents is 1. The van der Waals surface area contributed by atoms with E-state index in [9.17, 15) is 14.9 Å². The maximum Gasteiger partial charge on any atom is 0.287 e. The number of non-ortho nitro benzene ring substituents is 1. The van der Waals surface area contributed by atoms with Crippen molar-refractivity contribution in [2.45, 2.75) is 0 Å². The largest absolute Gasteiger partial charge is 0.398 e. The molecule has 0 atom stereocenters. The van der Waals surface area contributed by atoms with Gasteiger partial charge in [0.1, 0.15) is 4.70 Å². The van der Waals surface area contributed by atoms with Crippen LogP contribution < -0.4 is 11.2 Å². The van der Waals surface area contributed by atoms with Crippen molar-refractivity contribution in [3.05, 3.63) is 56.7 Å². The first-order valence-electron chi connectivity index (χ1n) is 5.48. The number of nitro groups is 1. The summed E-state index contributed by atoms with van der Waals surface area (Å²) in [6.45, 7) is 0. The van der Waals surface area contributed by atoms with Crippen LogP contribution in [0.4, 0.5) is 11.4 Å². The first-order valence-corrected chi connectivity index (χ1v) is 6.29. The standard InChI is InChI=1S/C13H8N2O3S/c14-8-5-6-9(15(17)18)13-11(8)12(16)7-3-1-2-4-10(7)19-13/h1-6H,14H2. The molecule has 3 aromatic rings. The van der Waals surface area contributed by atoms with Gasteiger partial charge in [0.05, 0.1) is 10.3 Å². The zero-order valence-electron chi connectivity index (χ0n) is 9.62. The molecule has 0 radical (unpaired) electrons. The van der Waals surface area contributed by atoms with Crippen LogP contribution in [0.1, 0.15) is 0 Å². The number of rotatable bonds is 1. The molecule has 0 unspecified atom stereocenters. The van der Waals surface area contributed by atoms with Crippen LogP contribution in [0.5, 0.6) is 0 Å². The SMILES string of the molecule is Nc1ccc([N+](=O)[O-])c2sc3ccccc3c(=O)c12. The van der Waals surface area contributed by atoms with Gasteiger partial charge in [-0.3, -0.25) is 14.9 Å². The van der Waals surface area contributed by atoms with Gasteiger partial charge in [-0.05, 0) is 18.2 Å². The Morgan fingerprint density at radius 3 is 2.63 bits per heavy atom. The zero-order valence-corrected chi connectivity index (χ0v) is 10.4. The number of hydrogen-bond acceptors (Lipinski definition) is 5. The Morgan fingerprint density at radius 2 is 1.89 bits per heavy atom. The number of hydrogen-bond donors (Lipinski definition) is 1. The molecule has 1 heterocycles. The molecule has 0 aliphatic carbocycles. The summed E-state index contributed by atoms with van der Waals surface area (Å²) in [6, 6.07) is 9.77. The Balaban J connectivity index is 2.64. The molecular weight excluding hydrogens is 264 g/mol. The van der Waals surface area contributed by atoms with E-state index in [2.05, 4.69) is 0 Å². The summed E-state index contributed by atoms with van der Waals surface area (Å²) in [4.78, 5) is 22.9. The van der Waals surface area contributed by atoms with Gasteiger partial charge in [0.2, 0.25) is 0 Å². The second kappa shape index (κ2) is 4.03. The molecule has 3 rings (SSSR count). The third-order valence-electron chi connectivity index (χ3n) is 2.94. The topological polar surface area (TPSA) is 86.2 Å². The molecule has 0 saturated heterocycles. The minimum Gasteiger partial charge on any atom is -0.398 e. The summed E-state index contributed by atoms with van der Waals surface area (Å²) in [5, 5.41) is 11.8. The van der Waals surface area contributed by atoms with Crippen molar-refractivity contribution in [3.63, 3.8) is 0 Å². The molecule has 0 aliphatic heterocycles. The Kier molecular flexibility index (Phi) is 2.46. The van der Waals surface area contributed by atoms with Crippen LogP contribution in [0.25, 0.3) is 20.2 Å². The van der Waals surface area contributed by atoms with Gasteiger partial charge in [0.15, 0.2) is 5.43 Å². The van der Waals surface area contributed by atoms with Crippen molar-refractivity contribution >= 4 is 42.9 Å². The molecule has 2 aromatic carbocycles. The highest BCUT2D eigenvalue weighted by Crippen LogP contribution is 2.34. The fraction of sp³-hybridized carbons (Fsp3) is 0. The van der Waals surface area contributed by atoms with Crippen LogP contribution >= 0.6 is 11.3 Å². The number of fused-ring (bicyclic) bond motifs is 2. The Morgan fingerprint density at radius 1 is 1.16 bits per heavy atom. The highest BCUT2D eigenvalue weighted by molar-refractivity contribution is 7.25. The van der Waals surface area contributed by atoms with Crippen LogP contribution in [0.3, 0.4) is 0 Å². The molecule has 19 heavy (non-hydrogen) atoms. The van der Waals surface area contributed by atoms with Gasteiger partial charge in [0.25, 0.3) is 5.69 Å². The van der Waals surface area contributed by atoms with E-state index in [0.717, 1.165) is 0 Å². The predicted molar refractivity (Wildman–Crippen MR) is 76.7 cm³/mol. The van der Waals surface area contributed by atoms with Gasteiger partial charge < -0.3 is 5.73 Å². The molecule has 6 heteroatoms. The van der Waals surface area contributed by atoms with E-state index >= 15 is 0 Å². The first-order chi connectivity index (χ1) is 9.09. The van der Waals surface area contributed by atoms with Gasteiger partial charge in [-0.25, -0.2) is 0 Å². The molecule has 0 bridgehead atoms. The number of anilines is 1. The summed E-state index contributed by atoms with van der Waals surface area (Å²) >= 11 is 1.21. The molecule has 0 aliphatic rings. The summed E-state index contributed by atoms with van der Waals surface area (Å²) in [7, 11) is 0. The summed E-state index contributed by atoms with van der Waals surface area (Å²) in [5.74, 6) is 0. The number of nitrogen functional groups attached to an aromatic ring is 1. The average Bonchev–Trinajstić information content (AvgIpc) is 2.38. The maximum absolute atomic E-state index is 12.4. The van der Waals surface area contributed by atoms with E-state index in [1.807, 2.05) is 0 Å². The lowest BCUT2D eigenvalue weighted by Gasteiger charge is -2.04. The first kappa shape index (κ1) is 11.6. The number of nitrogens with two attached hydrogens (primary N) is 1. The summed E-state index contributed by atoms with van der Waals surface area (Å²) < 4.78 is 1.04. The fourth-order valence-corrected chi connectivity index (χ4v) is 3.25. The molecule has 1 aromatic heterocycles. The molecule has 0 fully saturated rings. The molecule has 2 N–H and O–H groups in total. The van der Waals surface area contributed by atoms with Crippen LogP contribution in [0.2, 0.25) is 0 Å². The monoisotopic (exact) mass is 272 g/mol. The van der Waals surface area contributed by atoms with Crippen LogP contribution in [0.15, 0.2) is 41.2 Å². The van der Waals surface area contributed by atoms with Gasteiger partial charge >= 0.3 is 0 Å². The van der Waals surface area contributed by atoms with Crippen LogP contribution in [0, 0.1) is 10.1 Å². The summed E-state index contributed by atoms with van der Waals surface area (Å²) in [6.07, 6.45) is 0. The Hall–Kier alpha value is -2.47. The highest BCUT2D eigenvalue weighted by Gasteiger charge is 2.18. The van der Waals surface area contributed by atoms with Crippen molar-refractivity contribution < 1.29 is 4.92 Å². The van der Waals surface area contributed by atoms with Gasteiger partial charge in [0, 0.05) is 21.8 Å². The van der Waals surface area contributed by atoms with Crippen molar-refractivity contribution in [3.8, 4) is 0 Å². The molecule has 94 valence electrons. The highest BCUT2D eigenvalue weighted by atomic mass is 32.1. The van der Waals surface area contributed by atoms with Crippen molar-refractivity contribution in [1.29, 1.82) is 0 Å². The van der Waals surface area contributed by atoms with E-state index in [0.29, 0.717) is 14.8 Å². The normalized spacial score (nSPS) is 10.9.